The predicted octanol–water partition coefficient (Wildman–Crippen LogP) is 4.44. The number of anilines is 2. The number of nitrogens with one attached hydrogen (secondary N) is 1. The molecule has 0 bridgehead atoms. The van der Waals surface area contributed by atoms with Crippen LogP contribution in [0.2, 0.25) is 5.02 Å². The van der Waals surface area contributed by atoms with Crippen LogP contribution in [0.15, 0.2) is 72.9 Å². The predicted molar refractivity (Wildman–Crippen MR) is 141 cm³/mol. The molecule has 0 unspecified atom stereocenters. The molecule has 2 aromatic carbocycles. The number of carbonyl (C=O) groups excluding carboxylic acids is 3. The molecule has 0 aliphatic carbocycles. The van der Waals surface area contributed by atoms with Gasteiger partial charge in [-0.15, -0.1) is 0 Å². The molecule has 3 aromatic rings. The molecule has 2 heterocycles. The van der Waals surface area contributed by atoms with E-state index in [1.54, 1.807) is 72.6 Å². The SMILES string of the molecule is CCOC(=O)c1ccc(NC(=O)C[C@H]2C(=O)N(c3ccc(Cl)cc3)C(=S)N2Cc2ccccn2)cc1. The molecule has 8 nitrogen and oxygen atoms in total. The molecule has 10 heteroatoms. The second kappa shape index (κ2) is 11.3. The third kappa shape index (κ3) is 5.69. The number of esters is 1. The molecule has 1 aliphatic rings. The molecule has 1 saturated heterocycles. The summed E-state index contributed by atoms with van der Waals surface area (Å²) >= 11 is 11.7. The Bertz CT molecular complexity index is 1270. The van der Waals surface area contributed by atoms with Crippen molar-refractivity contribution in [2.45, 2.75) is 25.9 Å². The summed E-state index contributed by atoms with van der Waals surface area (Å²) in [5.74, 6) is -1.12. The van der Waals surface area contributed by atoms with Crippen molar-refractivity contribution in [2.24, 2.45) is 0 Å². The zero-order valence-electron chi connectivity index (χ0n) is 19.4. The molecular weight excluding hydrogens is 500 g/mol. The highest BCUT2D eigenvalue weighted by molar-refractivity contribution is 7.80. The van der Waals surface area contributed by atoms with E-state index >= 15 is 0 Å². The molecule has 1 aromatic heterocycles. The lowest BCUT2D eigenvalue weighted by molar-refractivity contribution is -0.124. The van der Waals surface area contributed by atoms with E-state index < -0.39 is 12.0 Å². The molecule has 36 heavy (non-hydrogen) atoms. The zero-order valence-corrected chi connectivity index (χ0v) is 21.0. The van der Waals surface area contributed by atoms with Crippen LogP contribution in [0.5, 0.6) is 0 Å². The number of aromatic nitrogens is 1. The van der Waals surface area contributed by atoms with E-state index in [1.165, 1.54) is 4.90 Å². The smallest absolute Gasteiger partial charge is 0.338 e. The van der Waals surface area contributed by atoms with Crippen LogP contribution in [0.3, 0.4) is 0 Å². The summed E-state index contributed by atoms with van der Waals surface area (Å²) in [7, 11) is 0. The van der Waals surface area contributed by atoms with Crippen molar-refractivity contribution in [1.29, 1.82) is 0 Å². The highest BCUT2D eigenvalue weighted by atomic mass is 35.5. The number of halogens is 1. The van der Waals surface area contributed by atoms with Gasteiger partial charge in [0.05, 0.1) is 36.5 Å². The summed E-state index contributed by atoms with van der Waals surface area (Å²) in [5, 5.41) is 3.60. The second-order valence-corrected chi connectivity index (χ2v) is 8.75. The minimum atomic E-state index is -0.825. The van der Waals surface area contributed by atoms with Crippen LogP contribution in [-0.2, 0) is 20.9 Å². The summed E-state index contributed by atoms with van der Waals surface area (Å²) in [6.45, 7) is 2.27. The maximum atomic E-state index is 13.5. The van der Waals surface area contributed by atoms with Crippen molar-refractivity contribution in [1.82, 2.24) is 9.88 Å². The van der Waals surface area contributed by atoms with Gasteiger partial charge in [0.25, 0.3) is 5.91 Å². The Morgan fingerprint density at radius 2 is 1.81 bits per heavy atom. The van der Waals surface area contributed by atoms with Crippen LogP contribution in [0.4, 0.5) is 11.4 Å². The summed E-state index contributed by atoms with van der Waals surface area (Å²) in [5.41, 5.74) is 2.15. The first-order chi connectivity index (χ1) is 17.4. The van der Waals surface area contributed by atoms with Crippen LogP contribution < -0.4 is 10.2 Å². The number of rotatable bonds is 8. The number of pyridine rings is 1. The Kier molecular flexibility index (Phi) is 7.92. The topological polar surface area (TPSA) is 91.8 Å². The van der Waals surface area contributed by atoms with Gasteiger partial charge in [-0.2, -0.15) is 0 Å². The van der Waals surface area contributed by atoms with Crippen molar-refractivity contribution in [3.05, 3.63) is 89.2 Å². The third-order valence-electron chi connectivity index (χ3n) is 5.52. The monoisotopic (exact) mass is 522 g/mol. The first-order valence-electron chi connectivity index (χ1n) is 11.2. The van der Waals surface area contributed by atoms with Crippen molar-refractivity contribution in [2.75, 3.05) is 16.8 Å². The fourth-order valence-corrected chi connectivity index (χ4v) is 4.31. The Hall–Kier alpha value is -3.82. The average Bonchev–Trinajstić information content (AvgIpc) is 3.09. The number of thiocarbonyl (C=S) groups is 1. The minimum absolute atomic E-state index is 0.129. The van der Waals surface area contributed by atoms with Gasteiger partial charge in [-0.05, 0) is 79.8 Å². The summed E-state index contributed by atoms with van der Waals surface area (Å²) in [6.07, 6.45) is 1.53. The molecule has 184 valence electrons. The van der Waals surface area contributed by atoms with Gasteiger partial charge in [-0.1, -0.05) is 17.7 Å². The van der Waals surface area contributed by atoms with Crippen molar-refractivity contribution in [3.8, 4) is 0 Å². The number of carbonyl (C=O) groups is 3. The van der Waals surface area contributed by atoms with Gasteiger partial charge in [0, 0.05) is 16.9 Å². The van der Waals surface area contributed by atoms with E-state index in [9.17, 15) is 14.4 Å². The third-order valence-corrected chi connectivity index (χ3v) is 6.19. The van der Waals surface area contributed by atoms with Gasteiger partial charge in [0.15, 0.2) is 5.11 Å². The Balaban J connectivity index is 1.53. The number of hydrogen-bond donors (Lipinski definition) is 1. The highest BCUT2D eigenvalue weighted by Gasteiger charge is 2.44. The van der Waals surface area contributed by atoms with E-state index in [2.05, 4.69) is 10.3 Å². The van der Waals surface area contributed by atoms with Gasteiger partial charge in [-0.3, -0.25) is 19.5 Å². The lowest BCUT2D eigenvalue weighted by Gasteiger charge is -2.23. The van der Waals surface area contributed by atoms with Gasteiger partial charge >= 0.3 is 5.97 Å². The number of benzene rings is 2. The van der Waals surface area contributed by atoms with Gasteiger partial charge < -0.3 is 15.0 Å². The summed E-state index contributed by atoms with van der Waals surface area (Å²) in [6, 6.07) is 17.8. The normalized spacial score (nSPS) is 15.2. The number of hydrogen-bond acceptors (Lipinski definition) is 6. The molecule has 0 radical (unpaired) electrons. The van der Waals surface area contributed by atoms with Crippen LogP contribution in [0.1, 0.15) is 29.4 Å². The van der Waals surface area contributed by atoms with E-state index in [-0.39, 0.29) is 36.5 Å². The Morgan fingerprint density at radius 1 is 1.08 bits per heavy atom. The molecule has 1 fully saturated rings. The fourth-order valence-electron chi connectivity index (χ4n) is 3.80. The van der Waals surface area contributed by atoms with Crippen LogP contribution in [0.25, 0.3) is 0 Å². The molecule has 0 spiro atoms. The molecule has 4 rings (SSSR count). The summed E-state index contributed by atoms with van der Waals surface area (Å²) < 4.78 is 4.97. The molecule has 1 atom stereocenters. The Morgan fingerprint density at radius 3 is 2.44 bits per heavy atom. The largest absolute Gasteiger partial charge is 0.462 e. The maximum absolute atomic E-state index is 13.5. The van der Waals surface area contributed by atoms with Crippen LogP contribution in [0, 0.1) is 0 Å². The molecule has 2 amide bonds. The number of amides is 2. The van der Waals surface area contributed by atoms with Crippen molar-refractivity contribution < 1.29 is 19.1 Å². The van der Waals surface area contributed by atoms with E-state index in [0.717, 1.165) is 0 Å². The standard InChI is InChI=1S/C26H23ClN4O4S/c1-2-35-25(34)17-6-10-19(11-7-17)29-23(32)15-22-24(33)31(21-12-8-18(27)9-13-21)26(36)30(22)16-20-5-3-4-14-28-20/h3-14,22H,2,15-16H2,1H3,(H,29,32)/t22-/m0/s1. The van der Waals surface area contributed by atoms with E-state index in [1.807, 2.05) is 12.1 Å². The van der Waals surface area contributed by atoms with Crippen LogP contribution in [-0.4, -0.2) is 45.4 Å². The lowest BCUT2D eigenvalue weighted by atomic mass is 10.1. The molecular formula is C26H23ClN4O4S. The zero-order chi connectivity index (χ0) is 25.7. The fraction of sp³-hybridized carbons (Fsp3) is 0.192. The first-order valence-corrected chi connectivity index (χ1v) is 12.0. The first kappa shape index (κ1) is 25.3. The molecule has 1 N–H and O–H groups in total. The van der Waals surface area contributed by atoms with Gasteiger partial charge in [0.1, 0.15) is 6.04 Å². The van der Waals surface area contributed by atoms with Crippen molar-refractivity contribution in [3.63, 3.8) is 0 Å². The number of nitrogens with zero attached hydrogens (tertiary/aromatic N) is 3. The number of ether oxygens (including phenoxy) is 1. The average molecular weight is 523 g/mol. The van der Waals surface area contributed by atoms with Gasteiger partial charge in [-0.25, -0.2) is 4.79 Å². The van der Waals surface area contributed by atoms with Gasteiger partial charge in [0.2, 0.25) is 5.91 Å². The second-order valence-electron chi connectivity index (χ2n) is 7.95. The molecule has 1 aliphatic heterocycles. The van der Waals surface area contributed by atoms with Crippen molar-refractivity contribution >= 4 is 58.1 Å². The van der Waals surface area contributed by atoms with E-state index in [0.29, 0.717) is 27.7 Å². The van der Waals surface area contributed by atoms with E-state index in [4.69, 9.17) is 28.6 Å². The minimum Gasteiger partial charge on any atom is -0.462 e. The quantitative estimate of drug-likeness (QED) is 0.345. The Labute approximate surface area is 218 Å². The lowest BCUT2D eigenvalue weighted by Crippen LogP contribution is -2.37. The highest BCUT2D eigenvalue weighted by Crippen LogP contribution is 2.29. The summed E-state index contributed by atoms with van der Waals surface area (Å²) in [4.78, 5) is 45.7. The maximum Gasteiger partial charge on any atom is 0.338 e. The molecule has 0 saturated carbocycles. The van der Waals surface area contributed by atoms with Crippen LogP contribution >= 0.6 is 23.8 Å².